The Balaban J connectivity index is 1.76. The molecule has 0 radical (unpaired) electrons. The second-order valence-corrected chi connectivity index (χ2v) is 2.83. The maximum absolute atomic E-state index is 3.39. The summed E-state index contributed by atoms with van der Waals surface area (Å²) in [6, 6.07) is 0. The van der Waals surface area contributed by atoms with E-state index in [1.165, 1.54) is 19.6 Å². The minimum Gasteiger partial charge on any atom is -0.318 e. The van der Waals surface area contributed by atoms with Gasteiger partial charge >= 0.3 is 0 Å². The zero-order valence-corrected chi connectivity index (χ0v) is 6.61. The maximum atomic E-state index is 3.39. The second kappa shape index (κ2) is 4.66. The topological polar surface area (TPSA) is 36.1 Å². The fourth-order valence-electron chi connectivity index (χ4n) is 1.01. The minimum atomic E-state index is 0.886. The van der Waals surface area contributed by atoms with Crippen LogP contribution in [0, 0.1) is 5.92 Å². The van der Waals surface area contributed by atoms with Gasteiger partial charge < -0.3 is 16.0 Å². The lowest BCUT2D eigenvalue weighted by Crippen LogP contribution is -2.47. The maximum Gasteiger partial charge on any atom is 0.00767 e. The minimum absolute atomic E-state index is 0.886. The summed E-state index contributed by atoms with van der Waals surface area (Å²) in [7, 11) is 1.98. The highest BCUT2D eigenvalue weighted by molar-refractivity contribution is 4.76. The summed E-state index contributed by atoms with van der Waals surface area (Å²) in [5.74, 6) is 0.886. The molecule has 1 saturated heterocycles. The highest BCUT2D eigenvalue weighted by atomic mass is 15.0. The first-order chi connectivity index (χ1) is 4.93. The Bertz CT molecular complexity index is 80.9. The third-order valence-corrected chi connectivity index (χ3v) is 1.85. The molecule has 1 heterocycles. The van der Waals surface area contributed by atoms with Gasteiger partial charge in [-0.15, -0.1) is 0 Å². The Labute approximate surface area is 62.6 Å². The molecule has 0 atom stereocenters. The van der Waals surface area contributed by atoms with Crippen molar-refractivity contribution >= 4 is 0 Å². The summed E-state index contributed by atoms with van der Waals surface area (Å²) in [6.07, 6.45) is 0. The smallest absolute Gasteiger partial charge is 0.00767 e. The lowest BCUT2D eigenvalue weighted by atomic mass is 10.0. The van der Waals surface area contributed by atoms with Gasteiger partial charge in [-0.1, -0.05) is 0 Å². The highest BCUT2D eigenvalue weighted by Gasteiger charge is 2.14. The standard InChI is InChI=1S/C7H17N3/c1-8-2-3-9-4-7-5-10-6-7/h7-10H,2-6H2,1H3. The predicted octanol–water partition coefficient (Wildman–Crippen LogP) is -0.985. The molecule has 0 amide bonds. The molecule has 1 aliphatic heterocycles. The molecule has 1 rings (SSSR count). The number of rotatable bonds is 5. The van der Waals surface area contributed by atoms with Crippen molar-refractivity contribution in [1.82, 2.24) is 16.0 Å². The molecular weight excluding hydrogens is 126 g/mol. The predicted molar refractivity (Wildman–Crippen MR) is 43.2 cm³/mol. The molecule has 10 heavy (non-hydrogen) atoms. The van der Waals surface area contributed by atoms with Gasteiger partial charge in [0.05, 0.1) is 0 Å². The van der Waals surface area contributed by atoms with Gasteiger partial charge in [0, 0.05) is 32.7 Å². The summed E-state index contributed by atoms with van der Waals surface area (Å²) in [5.41, 5.74) is 0. The van der Waals surface area contributed by atoms with Crippen molar-refractivity contribution in [1.29, 1.82) is 0 Å². The van der Waals surface area contributed by atoms with E-state index in [-0.39, 0.29) is 0 Å². The largest absolute Gasteiger partial charge is 0.318 e. The molecule has 60 valence electrons. The zero-order chi connectivity index (χ0) is 7.23. The van der Waals surface area contributed by atoms with Gasteiger partial charge in [0.25, 0.3) is 0 Å². The average Bonchev–Trinajstić information content (AvgIpc) is 1.84. The fraction of sp³-hybridized carbons (Fsp3) is 1.00. The molecule has 0 saturated carbocycles. The Hall–Kier alpha value is -0.120. The van der Waals surface area contributed by atoms with Crippen molar-refractivity contribution in [2.75, 3.05) is 39.8 Å². The first-order valence-corrected chi connectivity index (χ1v) is 3.99. The lowest BCUT2D eigenvalue weighted by Gasteiger charge is -2.27. The molecule has 0 spiro atoms. The lowest BCUT2D eigenvalue weighted by molar-refractivity contribution is 0.332. The van der Waals surface area contributed by atoms with Crippen molar-refractivity contribution in [3.05, 3.63) is 0 Å². The zero-order valence-electron chi connectivity index (χ0n) is 6.61. The van der Waals surface area contributed by atoms with Crippen molar-refractivity contribution in [2.45, 2.75) is 0 Å². The van der Waals surface area contributed by atoms with Gasteiger partial charge in [0.15, 0.2) is 0 Å². The van der Waals surface area contributed by atoms with Gasteiger partial charge in [-0.05, 0) is 13.0 Å². The van der Waals surface area contributed by atoms with E-state index in [1.807, 2.05) is 7.05 Å². The molecule has 3 nitrogen and oxygen atoms in total. The Morgan fingerprint density at radius 2 is 2.20 bits per heavy atom. The molecule has 0 aliphatic carbocycles. The second-order valence-electron chi connectivity index (χ2n) is 2.83. The number of nitrogens with one attached hydrogen (secondary N) is 3. The van der Waals surface area contributed by atoms with Gasteiger partial charge in [0.1, 0.15) is 0 Å². The summed E-state index contributed by atoms with van der Waals surface area (Å²) in [6.45, 7) is 5.74. The van der Waals surface area contributed by atoms with Gasteiger partial charge in [-0.25, -0.2) is 0 Å². The molecule has 1 fully saturated rings. The van der Waals surface area contributed by atoms with Crippen LogP contribution in [0.25, 0.3) is 0 Å². The van der Waals surface area contributed by atoms with E-state index >= 15 is 0 Å². The molecule has 0 bridgehead atoms. The molecule has 3 N–H and O–H groups in total. The van der Waals surface area contributed by atoms with E-state index in [9.17, 15) is 0 Å². The number of hydrogen-bond donors (Lipinski definition) is 3. The fourth-order valence-corrected chi connectivity index (χ4v) is 1.01. The average molecular weight is 143 g/mol. The van der Waals surface area contributed by atoms with E-state index in [0.29, 0.717) is 0 Å². The van der Waals surface area contributed by atoms with Crippen LogP contribution in [0.3, 0.4) is 0 Å². The van der Waals surface area contributed by atoms with Crippen molar-refractivity contribution in [3.63, 3.8) is 0 Å². The number of likely N-dealkylation sites (N-methyl/N-ethyl adjacent to an activating group) is 1. The molecule has 3 heteroatoms. The Morgan fingerprint density at radius 3 is 2.70 bits per heavy atom. The first-order valence-electron chi connectivity index (χ1n) is 3.99. The molecule has 1 aliphatic rings. The van der Waals surface area contributed by atoms with Gasteiger partial charge in [0.2, 0.25) is 0 Å². The van der Waals surface area contributed by atoms with E-state index in [0.717, 1.165) is 19.0 Å². The molecule has 0 aromatic heterocycles. The molecular formula is C7H17N3. The monoisotopic (exact) mass is 143 g/mol. The van der Waals surface area contributed by atoms with E-state index in [2.05, 4.69) is 16.0 Å². The summed E-state index contributed by atoms with van der Waals surface area (Å²) < 4.78 is 0. The van der Waals surface area contributed by atoms with Crippen LogP contribution >= 0.6 is 0 Å². The van der Waals surface area contributed by atoms with Gasteiger partial charge in [-0.3, -0.25) is 0 Å². The van der Waals surface area contributed by atoms with Crippen molar-refractivity contribution in [2.24, 2.45) is 5.92 Å². The quantitative estimate of drug-likeness (QED) is 0.433. The first kappa shape index (κ1) is 7.98. The van der Waals surface area contributed by atoms with E-state index in [1.54, 1.807) is 0 Å². The normalized spacial score (nSPS) is 18.9. The Morgan fingerprint density at radius 1 is 1.40 bits per heavy atom. The summed E-state index contributed by atoms with van der Waals surface area (Å²) >= 11 is 0. The summed E-state index contributed by atoms with van der Waals surface area (Å²) in [5, 5.41) is 9.73. The van der Waals surface area contributed by atoms with E-state index in [4.69, 9.17) is 0 Å². The molecule has 0 aromatic rings. The van der Waals surface area contributed by atoms with Gasteiger partial charge in [-0.2, -0.15) is 0 Å². The van der Waals surface area contributed by atoms with Crippen LogP contribution in [0.5, 0.6) is 0 Å². The van der Waals surface area contributed by atoms with Crippen LogP contribution in [0.1, 0.15) is 0 Å². The third kappa shape index (κ3) is 2.64. The van der Waals surface area contributed by atoms with Crippen LogP contribution in [0.2, 0.25) is 0 Å². The highest BCUT2D eigenvalue weighted by Crippen LogP contribution is 1.98. The SMILES string of the molecule is CNCCNCC1CNC1. The van der Waals surface area contributed by atoms with Crippen LogP contribution in [-0.2, 0) is 0 Å². The van der Waals surface area contributed by atoms with Crippen LogP contribution < -0.4 is 16.0 Å². The Kier molecular flexibility index (Phi) is 3.72. The molecule has 0 aromatic carbocycles. The molecule has 0 unspecified atom stereocenters. The van der Waals surface area contributed by atoms with Crippen LogP contribution in [-0.4, -0.2) is 39.8 Å². The summed E-state index contributed by atoms with van der Waals surface area (Å²) in [4.78, 5) is 0. The van der Waals surface area contributed by atoms with Crippen LogP contribution in [0.15, 0.2) is 0 Å². The van der Waals surface area contributed by atoms with Crippen LogP contribution in [0.4, 0.5) is 0 Å². The van der Waals surface area contributed by atoms with Crippen molar-refractivity contribution < 1.29 is 0 Å². The van der Waals surface area contributed by atoms with E-state index < -0.39 is 0 Å². The number of hydrogen-bond acceptors (Lipinski definition) is 3. The third-order valence-electron chi connectivity index (χ3n) is 1.85. The van der Waals surface area contributed by atoms with Crippen molar-refractivity contribution in [3.8, 4) is 0 Å².